The van der Waals surface area contributed by atoms with Crippen molar-refractivity contribution in [2.75, 3.05) is 26.1 Å². The largest absolute Gasteiger partial charge is 0.497 e. The lowest BCUT2D eigenvalue weighted by Crippen LogP contribution is -2.28. The molecule has 0 radical (unpaired) electrons. The van der Waals surface area contributed by atoms with E-state index in [1.54, 1.807) is 54.6 Å². The molecule has 0 heterocycles. The van der Waals surface area contributed by atoms with E-state index < -0.39 is 0 Å². The molecule has 7 nitrogen and oxygen atoms in total. The number of carbonyl (C=O) groups excluding carboxylic acids is 3. The molecule has 0 fully saturated rings. The van der Waals surface area contributed by atoms with Crippen molar-refractivity contribution < 1.29 is 23.9 Å². The van der Waals surface area contributed by atoms with Crippen molar-refractivity contribution in [1.82, 2.24) is 5.32 Å². The highest BCUT2D eigenvalue weighted by molar-refractivity contribution is 6.31. The van der Waals surface area contributed by atoms with Crippen LogP contribution in [0.15, 0.2) is 66.7 Å². The average Bonchev–Trinajstić information content (AvgIpc) is 2.84. The normalized spacial score (nSPS) is 10.3. The summed E-state index contributed by atoms with van der Waals surface area (Å²) in [6, 6.07) is 18.2. The zero-order valence-electron chi connectivity index (χ0n) is 18.2. The molecular weight excluding hydrogens is 444 g/mol. The van der Waals surface area contributed by atoms with Crippen molar-refractivity contribution in [2.45, 2.75) is 6.42 Å². The van der Waals surface area contributed by atoms with E-state index in [0.717, 1.165) is 0 Å². The number of nitrogens with one attached hydrogen (secondary N) is 2. The van der Waals surface area contributed by atoms with Crippen LogP contribution in [0.2, 0.25) is 5.02 Å². The van der Waals surface area contributed by atoms with Crippen LogP contribution in [0, 0.1) is 0 Å². The lowest BCUT2D eigenvalue weighted by Gasteiger charge is -2.12. The Labute approximate surface area is 196 Å². The molecule has 0 aliphatic carbocycles. The minimum Gasteiger partial charge on any atom is -0.497 e. The maximum Gasteiger partial charge on any atom is 0.251 e. The number of carbonyl (C=O) groups is 3. The van der Waals surface area contributed by atoms with Crippen molar-refractivity contribution >= 4 is 34.9 Å². The molecule has 0 saturated heterocycles. The van der Waals surface area contributed by atoms with Gasteiger partial charge in [-0.3, -0.25) is 14.4 Å². The smallest absolute Gasteiger partial charge is 0.251 e. The Morgan fingerprint density at radius 2 is 1.52 bits per heavy atom. The number of benzene rings is 3. The fraction of sp³-hybridized carbons (Fsp3) is 0.160. The van der Waals surface area contributed by atoms with Crippen molar-refractivity contribution in [3.05, 3.63) is 88.4 Å². The monoisotopic (exact) mass is 466 g/mol. The number of methoxy groups -OCH3 is 2. The van der Waals surface area contributed by atoms with Gasteiger partial charge in [0.25, 0.3) is 5.91 Å². The van der Waals surface area contributed by atoms with Gasteiger partial charge in [-0.1, -0.05) is 41.9 Å². The summed E-state index contributed by atoms with van der Waals surface area (Å²) >= 11 is 6.07. The highest BCUT2D eigenvalue weighted by Gasteiger charge is 2.16. The minimum absolute atomic E-state index is 0.00837. The lowest BCUT2D eigenvalue weighted by molar-refractivity contribution is -0.116. The molecule has 0 unspecified atom stereocenters. The number of hydrogen-bond donors (Lipinski definition) is 2. The molecule has 0 saturated carbocycles. The van der Waals surface area contributed by atoms with Crippen LogP contribution in [0.3, 0.4) is 0 Å². The molecule has 0 spiro atoms. The fourth-order valence-electron chi connectivity index (χ4n) is 3.10. The molecule has 0 atom stereocenters. The number of rotatable bonds is 9. The first-order chi connectivity index (χ1) is 15.9. The van der Waals surface area contributed by atoms with Gasteiger partial charge in [0.15, 0.2) is 5.78 Å². The van der Waals surface area contributed by atoms with Crippen molar-refractivity contribution in [3.63, 3.8) is 0 Å². The van der Waals surface area contributed by atoms with Crippen molar-refractivity contribution in [1.29, 1.82) is 0 Å². The third-order valence-corrected chi connectivity index (χ3v) is 5.02. The van der Waals surface area contributed by atoms with E-state index in [1.165, 1.54) is 20.3 Å². The summed E-state index contributed by atoms with van der Waals surface area (Å²) in [6.07, 6.45) is 0.00837. The maximum absolute atomic E-state index is 12.9. The molecular formula is C25H23ClN2O5. The zero-order chi connectivity index (χ0) is 23.8. The molecule has 0 bridgehead atoms. The van der Waals surface area contributed by atoms with Gasteiger partial charge in [-0.15, -0.1) is 0 Å². The third kappa shape index (κ3) is 6.33. The van der Waals surface area contributed by atoms with Gasteiger partial charge >= 0.3 is 0 Å². The summed E-state index contributed by atoms with van der Waals surface area (Å²) in [6.45, 7) is 0.0970. The summed E-state index contributed by atoms with van der Waals surface area (Å²) < 4.78 is 10.3. The van der Waals surface area contributed by atoms with Gasteiger partial charge in [0.1, 0.15) is 11.5 Å². The van der Waals surface area contributed by atoms with Gasteiger partial charge in [-0.2, -0.15) is 0 Å². The van der Waals surface area contributed by atoms with E-state index in [0.29, 0.717) is 33.3 Å². The van der Waals surface area contributed by atoms with Gasteiger partial charge < -0.3 is 20.1 Å². The van der Waals surface area contributed by atoms with Crippen LogP contribution >= 0.6 is 11.6 Å². The molecule has 2 amide bonds. The van der Waals surface area contributed by atoms with Crippen molar-refractivity contribution in [3.8, 4) is 11.5 Å². The SMILES string of the molecule is COc1cc(OC)cc(C(=O)NCCC(=O)Nc2ccc(Cl)cc2C(=O)c2ccccc2)c1. The molecule has 3 aromatic rings. The average molecular weight is 467 g/mol. The lowest BCUT2D eigenvalue weighted by atomic mass is 10.0. The van der Waals surface area contributed by atoms with Crippen LogP contribution in [0.1, 0.15) is 32.7 Å². The highest BCUT2D eigenvalue weighted by atomic mass is 35.5. The van der Waals surface area contributed by atoms with Crippen LogP contribution in [0.4, 0.5) is 5.69 Å². The van der Waals surface area contributed by atoms with E-state index in [9.17, 15) is 14.4 Å². The van der Waals surface area contributed by atoms with E-state index in [-0.39, 0.29) is 36.1 Å². The van der Waals surface area contributed by atoms with E-state index in [2.05, 4.69) is 10.6 Å². The first-order valence-electron chi connectivity index (χ1n) is 10.1. The standard InChI is InChI=1S/C25H23ClN2O5/c1-32-19-12-17(13-20(15-19)33-2)25(31)27-11-10-23(29)28-22-9-8-18(26)14-21(22)24(30)16-6-4-3-5-7-16/h3-9,12-15H,10-11H2,1-2H3,(H,27,31)(H,28,29). The Morgan fingerprint density at radius 3 is 2.15 bits per heavy atom. The quantitative estimate of drug-likeness (QED) is 0.457. The summed E-state index contributed by atoms with van der Waals surface area (Å²) in [5.41, 5.74) is 1.47. The molecule has 3 rings (SSSR count). The third-order valence-electron chi connectivity index (χ3n) is 4.79. The predicted octanol–water partition coefficient (Wildman–Crippen LogP) is 4.35. The maximum atomic E-state index is 12.9. The first kappa shape index (κ1) is 23.8. The van der Waals surface area contributed by atoms with Crippen LogP contribution in [-0.4, -0.2) is 38.4 Å². The summed E-state index contributed by atoms with van der Waals surface area (Å²) in [5.74, 6) is -0.0192. The number of hydrogen-bond acceptors (Lipinski definition) is 5. The van der Waals surface area contributed by atoms with Crippen LogP contribution < -0.4 is 20.1 Å². The molecule has 0 aliphatic heterocycles. The van der Waals surface area contributed by atoms with Gasteiger partial charge in [-0.25, -0.2) is 0 Å². The number of halogens is 1. The zero-order valence-corrected chi connectivity index (χ0v) is 18.9. The highest BCUT2D eigenvalue weighted by Crippen LogP contribution is 2.24. The minimum atomic E-state index is -0.369. The molecule has 0 aliphatic rings. The Bertz CT molecular complexity index is 1140. The first-order valence-corrected chi connectivity index (χ1v) is 10.5. The second-order valence-electron chi connectivity index (χ2n) is 7.04. The van der Waals surface area contributed by atoms with E-state index in [1.807, 2.05) is 6.07 Å². The molecule has 170 valence electrons. The Hall–Kier alpha value is -3.84. The number of ketones is 1. The van der Waals surface area contributed by atoms with Crippen LogP contribution in [0.5, 0.6) is 11.5 Å². The fourth-order valence-corrected chi connectivity index (χ4v) is 3.27. The molecule has 33 heavy (non-hydrogen) atoms. The molecule has 2 N–H and O–H groups in total. The predicted molar refractivity (Wildman–Crippen MR) is 126 cm³/mol. The van der Waals surface area contributed by atoms with Gasteiger partial charge in [0.2, 0.25) is 5.91 Å². The Balaban J connectivity index is 1.63. The molecule has 0 aromatic heterocycles. The van der Waals surface area contributed by atoms with Gasteiger partial charge in [0.05, 0.1) is 19.9 Å². The van der Waals surface area contributed by atoms with Crippen LogP contribution in [0.25, 0.3) is 0 Å². The van der Waals surface area contributed by atoms with Crippen molar-refractivity contribution in [2.24, 2.45) is 0 Å². The van der Waals surface area contributed by atoms with E-state index >= 15 is 0 Å². The number of anilines is 1. The summed E-state index contributed by atoms with van der Waals surface area (Å²) in [4.78, 5) is 37.8. The van der Waals surface area contributed by atoms with Gasteiger partial charge in [0, 0.05) is 40.7 Å². The number of amides is 2. The number of ether oxygens (including phenoxy) is 2. The topological polar surface area (TPSA) is 93.7 Å². The molecule has 8 heteroatoms. The summed E-state index contributed by atoms with van der Waals surface area (Å²) in [5, 5.41) is 5.80. The van der Waals surface area contributed by atoms with E-state index in [4.69, 9.17) is 21.1 Å². The second kappa shape index (κ2) is 11.2. The second-order valence-corrected chi connectivity index (χ2v) is 7.48. The Kier molecular flexibility index (Phi) is 8.05. The Morgan fingerprint density at radius 1 is 0.848 bits per heavy atom. The molecule has 3 aromatic carbocycles. The summed E-state index contributed by atoms with van der Waals surface area (Å²) in [7, 11) is 2.99. The van der Waals surface area contributed by atoms with Gasteiger partial charge in [-0.05, 0) is 30.3 Å². The van der Waals surface area contributed by atoms with Crippen LogP contribution in [-0.2, 0) is 4.79 Å².